The van der Waals surface area contributed by atoms with Gasteiger partial charge in [-0.3, -0.25) is 33.6 Å². The Bertz CT molecular complexity index is 4380. The Morgan fingerprint density at radius 1 is 0.523 bits per heavy atom. The lowest BCUT2D eigenvalue weighted by atomic mass is 9.77. The van der Waals surface area contributed by atoms with Crippen LogP contribution in [-0.4, -0.2) is 130 Å². The number of rotatable bonds is 22. The van der Waals surface area contributed by atoms with Crippen LogP contribution in [0.15, 0.2) is 116 Å². The van der Waals surface area contributed by atoms with Crippen LogP contribution in [0.4, 0.5) is 0 Å². The van der Waals surface area contributed by atoms with Gasteiger partial charge in [-0.2, -0.15) is 0 Å². The smallest absolute Gasteiger partial charge is 0.234 e. The summed E-state index contributed by atoms with van der Waals surface area (Å²) >= 11 is 9.18. The molecule has 3 fully saturated rings. The second-order valence-electron chi connectivity index (χ2n) is 34.3. The molecule has 0 aliphatic carbocycles. The normalized spacial score (nSPS) is 18.7. The number of amides is 3. The van der Waals surface area contributed by atoms with Crippen LogP contribution in [0.3, 0.4) is 0 Å². The molecule has 3 saturated heterocycles. The Morgan fingerprint density at radius 3 is 1.28 bits per heavy atom. The molecule has 8 atom stereocenters. The summed E-state index contributed by atoms with van der Waals surface area (Å²) in [5.74, 6) is -0.448. The van der Waals surface area contributed by atoms with E-state index in [1.807, 2.05) is 194 Å². The number of ketones is 4. The predicted molar refractivity (Wildman–Crippen MR) is 420 cm³/mol. The molecule has 3 aliphatic heterocycles. The van der Waals surface area contributed by atoms with Crippen molar-refractivity contribution < 1.29 is 52.2 Å². The third-order valence-electron chi connectivity index (χ3n) is 20.5. The third-order valence-corrected chi connectivity index (χ3v) is 22.7. The summed E-state index contributed by atoms with van der Waals surface area (Å²) in [6, 6.07) is 27.7. The zero-order valence-electron chi connectivity index (χ0n) is 65.9. The topological polar surface area (TPSA) is 253 Å². The Morgan fingerprint density at radius 2 is 0.897 bits per heavy atom. The highest BCUT2D eigenvalue weighted by Gasteiger charge is 2.48. The highest BCUT2D eigenvalue weighted by molar-refractivity contribution is 7.13. The molecule has 0 radical (unpaired) electrons. The van der Waals surface area contributed by atoms with Crippen LogP contribution in [0.5, 0.6) is 0 Å². The molecule has 11 rings (SSSR count). The number of hydrogen-bond acceptors (Lipinski definition) is 18. The highest BCUT2D eigenvalue weighted by Crippen LogP contribution is 2.42. The van der Waals surface area contributed by atoms with Crippen LogP contribution in [0.1, 0.15) is 236 Å². The molecule has 3 amide bonds. The van der Waals surface area contributed by atoms with Gasteiger partial charge in [-0.15, -0.1) is 22.7 Å². The van der Waals surface area contributed by atoms with Gasteiger partial charge in [0.05, 0.1) is 80.0 Å². The molecule has 3 aliphatic rings. The Labute approximate surface area is 644 Å². The number of β-amino-alcohol motifs (C(OH)–C–C–N with tert-alkyl or cyclic N) is 1. The number of benzene rings is 3. The standard InChI is InChI=1S/C30H39N3O4S.C29H35N3O4S.C26H35ClN2O3/c1-18-27(38-17-31-18)20-11-8-19(9-12-20)10-13-23(35)22-14-21(34)16-33(22)28(36)26(30(5,6)7)24-15-25(32-37-24)29(2,3)4;1-17(2)26(24-14-25(31-36-24)29(4,5)6)28(35)32-15-21(33)13-22(32)23(34)12-9-19-7-10-20(11-8-19)27-18(3)30-16-37-27;1-16(2)24(22-14-23(28-32-22)26(4,5)6)25(31)29-15-17(3)13-20(29)21(30)12-9-18-7-10-19(27)11-8-18/h8-9,11-12,15,17,21-22,26,34H,10,13-14,16H2,1-7H3;7-8,10-11,14,16-17,22,26H,9,12-13,15H2,1-6H3;7-8,10-11,14,16-17,20,24H,9,12-13,15H2,1-6H3. The van der Waals surface area contributed by atoms with E-state index in [0.29, 0.717) is 67.4 Å². The first-order chi connectivity index (χ1) is 50.2. The van der Waals surface area contributed by atoms with Gasteiger partial charge in [-0.25, -0.2) is 9.97 Å². The quantitative estimate of drug-likeness (QED) is 0.0662. The predicted octanol–water partition coefficient (Wildman–Crippen LogP) is 17.0. The van der Waals surface area contributed by atoms with Crippen LogP contribution < -0.4 is 0 Å². The van der Waals surface area contributed by atoms with E-state index >= 15 is 0 Å². The maximum Gasteiger partial charge on any atom is 0.234 e. The van der Waals surface area contributed by atoms with Gasteiger partial charge in [0.15, 0.2) is 23.1 Å². The zero-order chi connectivity index (χ0) is 78.4. The lowest BCUT2D eigenvalue weighted by Crippen LogP contribution is -2.45. The fraction of sp³-hybridized carbons (Fsp3) is 0.529. The van der Waals surface area contributed by atoms with Gasteiger partial charge in [-0.05, 0) is 103 Å². The minimum atomic E-state index is -0.731. The number of nitrogens with zero attached hydrogens (tertiary/aromatic N) is 8. The van der Waals surface area contributed by atoms with Gasteiger partial charge in [-0.1, -0.05) is 205 Å². The van der Waals surface area contributed by atoms with E-state index in [1.54, 1.807) is 32.5 Å². The molecule has 22 heteroatoms. The number of carbonyl (C=O) groups excluding carboxylic acids is 7. The minimum Gasteiger partial charge on any atom is -0.391 e. The molecule has 8 aromatic rings. The molecule has 8 heterocycles. The summed E-state index contributed by atoms with van der Waals surface area (Å²) in [5.41, 5.74) is 12.4. The van der Waals surface area contributed by atoms with Crippen LogP contribution >= 0.6 is 34.3 Å². The number of thiazole rings is 2. The molecule has 0 bridgehead atoms. The summed E-state index contributed by atoms with van der Waals surface area (Å²) in [4.78, 5) is 109. The van der Waals surface area contributed by atoms with Crippen molar-refractivity contribution in [3.05, 3.63) is 169 Å². The Kier molecular flexibility index (Phi) is 26.8. The van der Waals surface area contributed by atoms with E-state index in [4.69, 9.17) is 25.2 Å². The largest absolute Gasteiger partial charge is 0.391 e. The molecule has 8 unspecified atom stereocenters. The lowest BCUT2D eigenvalue weighted by Gasteiger charge is -2.33. The number of aliphatic hydroxyl groups excluding tert-OH is 1. The molecular weight excluding hydrogens is 1410 g/mol. The molecule has 1 N–H and O–H groups in total. The number of carbonyl (C=O) groups is 7. The molecular formula is C85H109ClN8O11S2. The van der Waals surface area contributed by atoms with E-state index < -0.39 is 41.4 Å². The highest BCUT2D eigenvalue weighted by atomic mass is 35.5. The number of hydrogen-bond donors (Lipinski definition) is 1. The van der Waals surface area contributed by atoms with Gasteiger partial charge in [0.1, 0.15) is 35.0 Å². The van der Waals surface area contributed by atoms with E-state index in [9.17, 15) is 38.7 Å². The Balaban J connectivity index is 0.000000186. The van der Waals surface area contributed by atoms with Gasteiger partial charge in [0.2, 0.25) is 17.7 Å². The number of Topliss-reactive ketones (excluding diaryl/α,β-unsaturated/α-hetero) is 4. The molecule has 19 nitrogen and oxygen atoms in total. The molecule has 5 aromatic heterocycles. The molecule has 3 aromatic carbocycles. The number of aromatic nitrogens is 5. The second-order valence-corrected chi connectivity index (χ2v) is 36.4. The average Bonchev–Trinajstić information content (AvgIpc) is 1.68. The maximum atomic E-state index is 13.9. The zero-order valence-corrected chi connectivity index (χ0v) is 68.3. The molecule has 0 saturated carbocycles. The van der Waals surface area contributed by atoms with Crippen molar-refractivity contribution in [1.82, 2.24) is 40.1 Å². The SMILES string of the molecule is CC1CC(C(=O)CCc2ccc(Cl)cc2)N(C(=O)C(c2cc(C(C)(C)C)no2)C(C)C)C1.Cc1ncsc1-c1ccc(CCC(=O)C2CC(=O)CN2C(=O)C(c2cc(C(C)(C)C)no2)C(C)C)cc1.Cc1ncsc1-c1ccc(CCC(=O)C2CC(O)CN2C(=O)C(c2cc(C(C)(C)C)no2)C(C)(C)C)cc1. The Hall–Kier alpha value is -8.11. The minimum absolute atomic E-state index is 0.0297. The van der Waals surface area contributed by atoms with Crippen LogP contribution in [-0.2, 0) is 69.1 Å². The number of aliphatic hydroxyl groups is 1. The summed E-state index contributed by atoms with van der Waals surface area (Å²) in [7, 11) is 0. The molecule has 0 spiro atoms. The van der Waals surface area contributed by atoms with Crippen molar-refractivity contribution in [3.8, 4) is 20.9 Å². The van der Waals surface area contributed by atoms with Crippen LogP contribution in [0.2, 0.25) is 5.02 Å². The first kappa shape index (κ1) is 82.9. The monoisotopic (exact) mass is 1520 g/mol. The van der Waals surface area contributed by atoms with Crippen molar-refractivity contribution in [1.29, 1.82) is 0 Å². The first-order valence-electron chi connectivity index (χ1n) is 37.5. The van der Waals surface area contributed by atoms with Crippen molar-refractivity contribution in [2.75, 3.05) is 19.6 Å². The maximum absolute atomic E-state index is 13.9. The number of likely N-dealkylation sites (tertiary alicyclic amines) is 3. The van der Waals surface area contributed by atoms with Crippen molar-refractivity contribution in [3.63, 3.8) is 0 Å². The van der Waals surface area contributed by atoms with E-state index in [1.165, 1.54) is 4.90 Å². The van der Waals surface area contributed by atoms with E-state index in [-0.39, 0.29) is 113 Å². The van der Waals surface area contributed by atoms with Gasteiger partial charge < -0.3 is 33.4 Å². The van der Waals surface area contributed by atoms with Crippen molar-refractivity contribution in [2.24, 2.45) is 23.2 Å². The van der Waals surface area contributed by atoms with Crippen LogP contribution in [0, 0.1) is 37.0 Å². The lowest BCUT2D eigenvalue weighted by molar-refractivity contribution is -0.141. The van der Waals surface area contributed by atoms with E-state index in [0.717, 1.165) is 66.0 Å². The summed E-state index contributed by atoms with van der Waals surface area (Å²) in [6.07, 6.45) is 3.07. The van der Waals surface area contributed by atoms with Gasteiger partial charge in [0.25, 0.3) is 0 Å². The fourth-order valence-corrected chi connectivity index (χ4v) is 15.9. The second kappa shape index (κ2) is 34.6. The summed E-state index contributed by atoms with van der Waals surface area (Å²) < 4.78 is 16.9. The van der Waals surface area contributed by atoms with Crippen LogP contribution in [0.25, 0.3) is 20.9 Å². The average molecular weight is 1520 g/mol. The first-order valence-corrected chi connectivity index (χ1v) is 39.7. The number of halogens is 1. The summed E-state index contributed by atoms with van der Waals surface area (Å²) in [5, 5.41) is 23.8. The van der Waals surface area contributed by atoms with Gasteiger partial charge in [0, 0.05) is 84.7 Å². The van der Waals surface area contributed by atoms with Gasteiger partial charge >= 0.3 is 0 Å². The fourth-order valence-electron chi connectivity index (χ4n) is 14.2. The van der Waals surface area contributed by atoms with Crippen molar-refractivity contribution >= 4 is 75.1 Å². The summed E-state index contributed by atoms with van der Waals surface area (Å²) in [6.45, 7) is 39.1. The number of aryl methyl sites for hydroxylation is 5. The third kappa shape index (κ3) is 20.8. The molecule has 107 heavy (non-hydrogen) atoms. The molecule has 574 valence electrons. The van der Waals surface area contributed by atoms with Crippen molar-refractivity contribution in [2.45, 2.75) is 248 Å². The van der Waals surface area contributed by atoms with E-state index in [2.05, 4.69) is 65.3 Å².